The van der Waals surface area contributed by atoms with Crippen LogP contribution in [-0.4, -0.2) is 69.2 Å². The van der Waals surface area contributed by atoms with Crippen LogP contribution in [0.15, 0.2) is 48.9 Å². The fourth-order valence-electron chi connectivity index (χ4n) is 5.08. The van der Waals surface area contributed by atoms with Gasteiger partial charge in [0.25, 0.3) is 5.91 Å². The normalized spacial score (nSPS) is 18.4. The molecule has 3 aromatic heterocycles. The first-order chi connectivity index (χ1) is 20.7. The lowest BCUT2D eigenvalue weighted by Crippen LogP contribution is -2.41. The smallest absolute Gasteiger partial charge is 0.480 e. The largest absolute Gasteiger partial charge is 0.573 e. The van der Waals surface area contributed by atoms with Crippen LogP contribution in [0.3, 0.4) is 0 Å². The Hall–Kier alpha value is -4.67. The number of likely N-dealkylation sites (tertiary alicyclic amines) is 1. The van der Waals surface area contributed by atoms with E-state index in [1.807, 2.05) is 0 Å². The molecule has 4 aromatic rings. The Morgan fingerprint density at radius 1 is 1.11 bits per heavy atom. The number of nitrogens with one attached hydrogen (secondary N) is 1. The Labute approximate surface area is 244 Å². The molecule has 5 rings (SSSR count). The number of anilines is 1. The van der Waals surface area contributed by atoms with Gasteiger partial charge in [0.1, 0.15) is 29.3 Å². The van der Waals surface area contributed by atoms with Gasteiger partial charge in [-0.15, -0.1) is 13.2 Å². The molecule has 1 aliphatic rings. The van der Waals surface area contributed by atoms with Crippen molar-refractivity contribution in [2.75, 3.05) is 25.9 Å². The summed E-state index contributed by atoms with van der Waals surface area (Å²) in [4.78, 5) is 22.7. The van der Waals surface area contributed by atoms with E-state index in [0.717, 1.165) is 23.0 Å². The predicted octanol–water partition coefficient (Wildman–Crippen LogP) is 4.81. The van der Waals surface area contributed by atoms with Gasteiger partial charge < -0.3 is 20.5 Å². The Morgan fingerprint density at radius 3 is 2.55 bits per heavy atom. The molecule has 10 nitrogen and oxygen atoms in total. The highest BCUT2D eigenvalue weighted by atomic mass is 19.4. The van der Waals surface area contributed by atoms with Gasteiger partial charge >= 0.3 is 12.5 Å². The van der Waals surface area contributed by atoms with E-state index in [-0.39, 0.29) is 35.8 Å². The van der Waals surface area contributed by atoms with Gasteiger partial charge in [0.05, 0.1) is 24.4 Å². The first-order valence-corrected chi connectivity index (χ1v) is 12.9. The molecule has 1 aromatic carbocycles. The number of ether oxygens (including phenoxy) is 2. The molecular formula is C27H24F7N7O3. The molecule has 3 N–H and O–H groups in total. The number of alkyl halides is 7. The van der Waals surface area contributed by atoms with Crippen LogP contribution < -0.4 is 20.5 Å². The summed E-state index contributed by atoms with van der Waals surface area (Å²) < 4.78 is 105. The molecule has 0 spiro atoms. The van der Waals surface area contributed by atoms with Crippen molar-refractivity contribution in [3.63, 3.8) is 0 Å². The van der Waals surface area contributed by atoms with Crippen LogP contribution in [0, 0.1) is 0 Å². The SMILES string of the molecule is COc1ncc(-c2cc(C(F)(F)F)c3c(N)ncnn23)cc1C(=O)N[C@@H]1CN(C(C)c2cccc(OC(F)(F)F)c2)C[C@@H]1F. The lowest BCUT2D eigenvalue weighted by Gasteiger charge is -2.25. The molecule has 1 unspecified atom stereocenters. The zero-order chi connectivity index (χ0) is 32.0. The first-order valence-electron chi connectivity index (χ1n) is 12.9. The second-order valence-corrected chi connectivity index (χ2v) is 9.97. The molecule has 1 saturated heterocycles. The molecule has 1 fully saturated rings. The van der Waals surface area contributed by atoms with E-state index >= 15 is 4.39 Å². The molecule has 0 radical (unpaired) electrons. The van der Waals surface area contributed by atoms with Crippen molar-refractivity contribution in [2.45, 2.75) is 37.7 Å². The van der Waals surface area contributed by atoms with Crippen LogP contribution >= 0.6 is 0 Å². The van der Waals surface area contributed by atoms with Crippen molar-refractivity contribution in [1.82, 2.24) is 29.8 Å². The molecule has 1 amide bonds. The van der Waals surface area contributed by atoms with Gasteiger partial charge in [-0.3, -0.25) is 9.69 Å². The highest BCUT2D eigenvalue weighted by molar-refractivity contribution is 5.98. The summed E-state index contributed by atoms with van der Waals surface area (Å²) in [6, 6.07) is 5.76. The van der Waals surface area contributed by atoms with Crippen molar-refractivity contribution in [2.24, 2.45) is 0 Å². The van der Waals surface area contributed by atoms with E-state index in [9.17, 15) is 31.1 Å². The van der Waals surface area contributed by atoms with Gasteiger partial charge in [0.2, 0.25) is 5.88 Å². The minimum atomic E-state index is -4.88. The van der Waals surface area contributed by atoms with E-state index in [0.29, 0.717) is 5.56 Å². The van der Waals surface area contributed by atoms with E-state index in [1.54, 1.807) is 17.9 Å². The van der Waals surface area contributed by atoms with Crippen molar-refractivity contribution in [3.05, 3.63) is 65.6 Å². The highest BCUT2D eigenvalue weighted by Gasteiger charge is 2.39. The number of nitrogens with two attached hydrogens (primary N) is 1. The number of aromatic nitrogens is 4. The molecule has 3 atom stereocenters. The van der Waals surface area contributed by atoms with Crippen molar-refractivity contribution < 1.29 is 45.0 Å². The number of methoxy groups -OCH3 is 1. The van der Waals surface area contributed by atoms with Crippen LogP contribution in [0.2, 0.25) is 0 Å². The zero-order valence-electron chi connectivity index (χ0n) is 22.9. The lowest BCUT2D eigenvalue weighted by atomic mass is 10.1. The second kappa shape index (κ2) is 11.4. The standard InChI is InChI=1S/C27H24F7N7O3/c1-13(14-4-3-5-16(6-14)44-27(32,33)34)40-10-19(28)20(11-40)39-24(42)17-7-15(9-36-25(17)43-2)21-8-18(26(29,30)31)22-23(35)37-12-38-41(21)22/h3-9,12-13,19-20H,10-11H2,1-2H3,(H,39,42)(H2,35,37,38)/t13?,19-,20+/m0/s1. The maximum absolute atomic E-state index is 15.1. The van der Waals surface area contributed by atoms with E-state index in [4.69, 9.17) is 10.5 Å². The number of carbonyl (C=O) groups is 1. The van der Waals surface area contributed by atoms with Crippen molar-refractivity contribution in [1.29, 1.82) is 0 Å². The van der Waals surface area contributed by atoms with Gasteiger partial charge in [0.15, 0.2) is 5.82 Å². The molecule has 0 aliphatic carbocycles. The second-order valence-electron chi connectivity index (χ2n) is 9.97. The molecule has 0 bridgehead atoms. The van der Waals surface area contributed by atoms with Crippen LogP contribution in [0.4, 0.5) is 36.6 Å². The average Bonchev–Trinajstić information content (AvgIpc) is 3.53. The zero-order valence-corrected chi connectivity index (χ0v) is 22.9. The Bertz CT molecular complexity index is 1690. The molecule has 17 heteroatoms. The summed E-state index contributed by atoms with van der Waals surface area (Å²) >= 11 is 0. The van der Waals surface area contributed by atoms with E-state index in [1.165, 1.54) is 31.5 Å². The first kappa shape index (κ1) is 30.8. The topological polar surface area (TPSA) is 120 Å². The summed E-state index contributed by atoms with van der Waals surface area (Å²) in [7, 11) is 1.23. The Morgan fingerprint density at radius 2 is 1.86 bits per heavy atom. The van der Waals surface area contributed by atoms with Crippen molar-refractivity contribution in [3.8, 4) is 22.9 Å². The number of hydrogen-bond donors (Lipinski definition) is 2. The molecule has 44 heavy (non-hydrogen) atoms. The number of nitrogens with zero attached hydrogens (tertiary/aromatic N) is 5. The number of amides is 1. The molecule has 234 valence electrons. The third kappa shape index (κ3) is 6.17. The number of fused-ring (bicyclic) bond motifs is 1. The predicted molar refractivity (Wildman–Crippen MR) is 141 cm³/mol. The summed E-state index contributed by atoms with van der Waals surface area (Å²) in [6.07, 6.45) is -9.06. The summed E-state index contributed by atoms with van der Waals surface area (Å²) in [5.74, 6) is -1.82. The number of nitrogen functional groups attached to an aromatic ring is 1. The van der Waals surface area contributed by atoms with Gasteiger partial charge in [-0.1, -0.05) is 12.1 Å². The summed E-state index contributed by atoms with van der Waals surface area (Å²) in [5.41, 5.74) is 4.35. The maximum Gasteiger partial charge on any atom is 0.573 e. The third-order valence-corrected chi connectivity index (χ3v) is 7.19. The number of benzene rings is 1. The number of rotatable bonds is 7. The Balaban J connectivity index is 1.38. The quantitative estimate of drug-likeness (QED) is 0.280. The van der Waals surface area contributed by atoms with Gasteiger partial charge in [-0.05, 0) is 36.8 Å². The molecule has 0 saturated carbocycles. The van der Waals surface area contributed by atoms with E-state index < -0.39 is 59.3 Å². The Kier molecular flexibility index (Phi) is 8.00. The van der Waals surface area contributed by atoms with Gasteiger partial charge in [0, 0.05) is 30.9 Å². The van der Waals surface area contributed by atoms with Crippen LogP contribution in [-0.2, 0) is 6.18 Å². The number of halogens is 7. The molecule has 1 aliphatic heterocycles. The number of hydrogen-bond acceptors (Lipinski definition) is 8. The average molecular weight is 628 g/mol. The van der Waals surface area contributed by atoms with Crippen LogP contribution in [0.25, 0.3) is 16.8 Å². The number of carbonyl (C=O) groups excluding carboxylic acids is 1. The monoisotopic (exact) mass is 627 g/mol. The highest BCUT2D eigenvalue weighted by Crippen LogP contribution is 2.39. The minimum absolute atomic E-state index is 0.00232. The number of pyridine rings is 1. The lowest BCUT2D eigenvalue weighted by molar-refractivity contribution is -0.274. The van der Waals surface area contributed by atoms with E-state index in [2.05, 4.69) is 25.1 Å². The van der Waals surface area contributed by atoms with Crippen LogP contribution in [0.5, 0.6) is 11.6 Å². The molecular weight excluding hydrogens is 603 g/mol. The van der Waals surface area contributed by atoms with Gasteiger partial charge in [-0.25, -0.2) is 18.9 Å². The third-order valence-electron chi connectivity index (χ3n) is 7.19. The summed E-state index contributed by atoms with van der Waals surface area (Å²) in [5, 5.41) is 6.45. The minimum Gasteiger partial charge on any atom is -0.480 e. The summed E-state index contributed by atoms with van der Waals surface area (Å²) in [6.45, 7) is 1.54. The fraction of sp³-hybridized carbons (Fsp3) is 0.333. The van der Waals surface area contributed by atoms with Crippen molar-refractivity contribution >= 4 is 17.2 Å². The fourth-order valence-corrected chi connectivity index (χ4v) is 5.08. The van der Waals surface area contributed by atoms with Gasteiger partial charge in [-0.2, -0.15) is 18.3 Å². The van der Waals surface area contributed by atoms with Crippen LogP contribution in [0.1, 0.15) is 34.5 Å². The maximum atomic E-state index is 15.1. The molecule has 4 heterocycles.